The van der Waals surface area contributed by atoms with E-state index < -0.39 is 84.2 Å². The first kappa shape index (κ1) is 33.4. The molecule has 2 saturated heterocycles. The lowest BCUT2D eigenvalue weighted by molar-refractivity contribution is -0.147. The molecule has 2 aliphatic heterocycles. The number of carbonyl (C=O) groups is 6. The van der Waals surface area contributed by atoms with E-state index in [-0.39, 0.29) is 31.7 Å². The Morgan fingerprint density at radius 3 is 2.20 bits per heavy atom. The molecule has 7 N–H and O–H groups in total. The van der Waals surface area contributed by atoms with E-state index in [1.165, 1.54) is 0 Å². The van der Waals surface area contributed by atoms with Gasteiger partial charge in [0.25, 0.3) is 0 Å². The average Bonchev–Trinajstić information content (AvgIpc) is 3.56. The molecule has 2 fully saturated rings. The number of aromatic nitrogens is 1. The van der Waals surface area contributed by atoms with Gasteiger partial charge in [-0.15, -0.1) is 0 Å². The van der Waals surface area contributed by atoms with Gasteiger partial charge in [0.1, 0.15) is 30.2 Å². The Hall–Kier alpha value is -4.46. The molecule has 2 aromatic rings. The van der Waals surface area contributed by atoms with Crippen molar-refractivity contribution in [2.75, 3.05) is 6.54 Å². The molecule has 14 nitrogen and oxygen atoms in total. The SMILES string of the molecule is CC(C)C[C@@H]1NC(=O)[C@@H](C(C)C)NC(=O)[C@@H]2C(O)CCN2C(=O)[C@@H](CC(=O)O)NC(=O)[C@@H](Cc2c[nH]c3ccccc23)NC1=O. The molecule has 1 aromatic heterocycles. The first-order valence-electron chi connectivity index (χ1n) is 15.2. The van der Waals surface area contributed by atoms with Crippen molar-refractivity contribution in [2.45, 2.75) is 89.7 Å². The standard InChI is InChI=1S/C31H42N6O8/c1-15(2)11-20-27(41)33-21(12-17-14-32-19-8-6-5-7-18(17)19)28(42)35-22(13-24(39)40)31(45)37-10-9-23(38)26(37)30(44)36-25(16(3)4)29(43)34-20/h5-8,14-16,20-23,25-26,32,38H,9-13H2,1-4H3,(H,33,41)(H,34,43)(H,35,42)(H,36,44)(H,39,40)/t20-,21+,22+,23?,25+,26-/m0/s1. The Kier molecular flexibility index (Phi) is 10.5. The fourth-order valence-corrected chi connectivity index (χ4v) is 5.93. The van der Waals surface area contributed by atoms with Crippen LogP contribution < -0.4 is 21.3 Å². The molecule has 0 bridgehead atoms. The minimum absolute atomic E-state index is 0.0162. The number of nitrogens with zero attached hydrogens (tertiary/aromatic N) is 1. The van der Waals surface area contributed by atoms with Crippen LogP contribution in [0.4, 0.5) is 0 Å². The monoisotopic (exact) mass is 626 g/mol. The number of carboxylic acids is 1. The van der Waals surface area contributed by atoms with E-state index in [0.717, 1.165) is 15.8 Å². The number of fused-ring (bicyclic) bond motifs is 2. The number of para-hydroxylation sites is 1. The van der Waals surface area contributed by atoms with Crippen molar-refractivity contribution in [1.29, 1.82) is 0 Å². The van der Waals surface area contributed by atoms with Crippen molar-refractivity contribution in [3.8, 4) is 0 Å². The van der Waals surface area contributed by atoms with E-state index >= 15 is 0 Å². The third-order valence-corrected chi connectivity index (χ3v) is 8.23. The number of carboxylic acid groups (broad SMARTS) is 1. The number of nitrogens with one attached hydrogen (secondary N) is 5. The zero-order chi connectivity index (χ0) is 33.0. The van der Waals surface area contributed by atoms with E-state index in [1.54, 1.807) is 20.0 Å². The smallest absolute Gasteiger partial charge is 0.305 e. The van der Waals surface area contributed by atoms with Gasteiger partial charge in [0.15, 0.2) is 0 Å². The summed E-state index contributed by atoms with van der Waals surface area (Å²) in [6, 6.07) is 0.884. The first-order valence-corrected chi connectivity index (χ1v) is 15.2. The average molecular weight is 627 g/mol. The Bertz CT molecular complexity index is 1450. The molecule has 0 radical (unpaired) electrons. The molecular formula is C31H42N6O8. The highest BCUT2D eigenvalue weighted by atomic mass is 16.4. The third kappa shape index (κ3) is 7.80. The fourth-order valence-electron chi connectivity index (χ4n) is 5.93. The van der Waals surface area contributed by atoms with Crippen molar-refractivity contribution < 1.29 is 39.0 Å². The summed E-state index contributed by atoms with van der Waals surface area (Å²) < 4.78 is 0. The second kappa shape index (κ2) is 14.1. The molecule has 45 heavy (non-hydrogen) atoms. The lowest BCUT2D eigenvalue weighted by Gasteiger charge is -2.31. The number of amides is 5. The van der Waals surface area contributed by atoms with Crippen LogP contribution in [-0.4, -0.2) is 98.5 Å². The van der Waals surface area contributed by atoms with Crippen molar-refractivity contribution >= 4 is 46.4 Å². The zero-order valence-corrected chi connectivity index (χ0v) is 25.8. The molecule has 0 aliphatic carbocycles. The molecule has 4 rings (SSSR count). The van der Waals surface area contributed by atoms with E-state index in [9.17, 15) is 39.0 Å². The Morgan fingerprint density at radius 2 is 1.53 bits per heavy atom. The van der Waals surface area contributed by atoms with Crippen LogP contribution in [0.2, 0.25) is 0 Å². The summed E-state index contributed by atoms with van der Waals surface area (Å²) >= 11 is 0. The van der Waals surface area contributed by atoms with Gasteiger partial charge < -0.3 is 41.4 Å². The predicted molar refractivity (Wildman–Crippen MR) is 162 cm³/mol. The molecule has 6 atom stereocenters. The van der Waals surface area contributed by atoms with Gasteiger partial charge in [-0.25, -0.2) is 0 Å². The van der Waals surface area contributed by atoms with Crippen LogP contribution in [0, 0.1) is 11.8 Å². The van der Waals surface area contributed by atoms with Gasteiger partial charge in [0.05, 0.1) is 12.5 Å². The second-order valence-corrected chi connectivity index (χ2v) is 12.5. The Balaban J connectivity index is 1.78. The van der Waals surface area contributed by atoms with Gasteiger partial charge in [-0.3, -0.25) is 28.8 Å². The molecule has 1 unspecified atom stereocenters. The molecule has 14 heteroatoms. The van der Waals surface area contributed by atoms with Crippen molar-refractivity contribution in [3.63, 3.8) is 0 Å². The summed E-state index contributed by atoms with van der Waals surface area (Å²) in [6.07, 6.45) is -0.151. The molecule has 5 amide bonds. The van der Waals surface area contributed by atoms with Crippen LogP contribution in [0.15, 0.2) is 30.5 Å². The lowest BCUT2D eigenvalue weighted by atomic mass is 9.98. The normalized spacial score (nSPS) is 27.0. The van der Waals surface area contributed by atoms with E-state index in [2.05, 4.69) is 26.3 Å². The highest BCUT2D eigenvalue weighted by molar-refractivity contribution is 5.99. The summed E-state index contributed by atoms with van der Waals surface area (Å²) in [4.78, 5) is 84.3. The van der Waals surface area contributed by atoms with E-state index in [0.29, 0.717) is 5.56 Å². The fraction of sp³-hybridized carbons (Fsp3) is 0.548. The van der Waals surface area contributed by atoms with Crippen LogP contribution in [0.1, 0.15) is 52.5 Å². The van der Waals surface area contributed by atoms with Gasteiger partial charge >= 0.3 is 5.97 Å². The van der Waals surface area contributed by atoms with Crippen LogP contribution in [0.3, 0.4) is 0 Å². The van der Waals surface area contributed by atoms with Gasteiger partial charge in [-0.05, 0) is 36.3 Å². The van der Waals surface area contributed by atoms with Crippen molar-refractivity contribution in [3.05, 3.63) is 36.0 Å². The number of rotatable bonds is 7. The molecule has 0 spiro atoms. The van der Waals surface area contributed by atoms with Crippen molar-refractivity contribution in [2.24, 2.45) is 11.8 Å². The van der Waals surface area contributed by atoms with Crippen molar-refractivity contribution in [1.82, 2.24) is 31.2 Å². The van der Waals surface area contributed by atoms with Gasteiger partial charge in [-0.1, -0.05) is 45.9 Å². The summed E-state index contributed by atoms with van der Waals surface area (Å²) in [6.45, 7) is 7.06. The first-order chi connectivity index (χ1) is 21.3. The number of aliphatic hydroxyl groups is 1. The molecule has 1 aromatic carbocycles. The maximum Gasteiger partial charge on any atom is 0.305 e. The number of carbonyl (C=O) groups excluding carboxylic acids is 5. The Morgan fingerprint density at radius 1 is 0.889 bits per heavy atom. The molecule has 2 aliphatic rings. The number of hydrogen-bond donors (Lipinski definition) is 7. The maximum atomic E-state index is 13.8. The number of H-pyrrole nitrogens is 1. The van der Waals surface area contributed by atoms with Gasteiger partial charge in [-0.2, -0.15) is 0 Å². The number of aliphatic carboxylic acids is 1. The molecule has 3 heterocycles. The third-order valence-electron chi connectivity index (χ3n) is 8.23. The van der Waals surface area contributed by atoms with Gasteiger partial charge in [0.2, 0.25) is 29.5 Å². The molecule has 244 valence electrons. The maximum absolute atomic E-state index is 13.8. The predicted octanol–water partition coefficient (Wildman–Crippen LogP) is -0.198. The summed E-state index contributed by atoms with van der Waals surface area (Å²) in [5.41, 5.74) is 1.49. The summed E-state index contributed by atoms with van der Waals surface area (Å²) in [5, 5.41) is 31.7. The molecular weight excluding hydrogens is 584 g/mol. The summed E-state index contributed by atoms with van der Waals surface area (Å²) in [7, 11) is 0. The minimum atomic E-state index is -1.60. The topological polar surface area (TPSA) is 210 Å². The zero-order valence-electron chi connectivity index (χ0n) is 25.8. The van der Waals surface area contributed by atoms with Crippen LogP contribution >= 0.6 is 0 Å². The largest absolute Gasteiger partial charge is 0.481 e. The minimum Gasteiger partial charge on any atom is -0.481 e. The second-order valence-electron chi connectivity index (χ2n) is 12.5. The number of aliphatic hydroxyl groups excluding tert-OH is 1. The van der Waals surface area contributed by atoms with Crippen LogP contribution in [-0.2, 0) is 35.2 Å². The van der Waals surface area contributed by atoms with E-state index in [1.807, 2.05) is 38.1 Å². The number of hydrogen-bond acceptors (Lipinski definition) is 7. The van der Waals surface area contributed by atoms with E-state index in [4.69, 9.17) is 0 Å². The van der Waals surface area contributed by atoms with Crippen LogP contribution in [0.5, 0.6) is 0 Å². The molecule has 0 saturated carbocycles. The highest BCUT2D eigenvalue weighted by Crippen LogP contribution is 2.23. The lowest BCUT2D eigenvalue weighted by Crippen LogP contribution is -2.60. The Labute approximate surface area is 260 Å². The quantitative estimate of drug-likeness (QED) is 0.218. The number of aromatic amines is 1. The highest BCUT2D eigenvalue weighted by Gasteiger charge is 2.45. The van der Waals surface area contributed by atoms with Crippen LogP contribution in [0.25, 0.3) is 10.9 Å². The number of benzene rings is 1. The summed E-state index contributed by atoms with van der Waals surface area (Å²) in [5.74, 6) is -5.66. The van der Waals surface area contributed by atoms with Gasteiger partial charge in [0, 0.05) is 30.1 Å².